The average Bonchev–Trinajstić information content (AvgIpc) is 3.15. The van der Waals surface area contributed by atoms with Gasteiger partial charge in [-0.05, 0) is 57.1 Å². The van der Waals surface area contributed by atoms with Crippen LogP contribution in [0.3, 0.4) is 0 Å². The Morgan fingerprint density at radius 3 is 2.67 bits per heavy atom. The van der Waals surface area contributed by atoms with Crippen LogP contribution in [0.15, 0.2) is 30.1 Å². The lowest BCUT2D eigenvalue weighted by Gasteiger charge is -2.19. The highest BCUT2D eigenvalue weighted by Gasteiger charge is 2.39. The first-order valence-electron chi connectivity index (χ1n) is 10.6. The van der Waals surface area contributed by atoms with E-state index >= 15 is 0 Å². The number of carbonyl (C=O) groups is 1. The molecule has 1 fully saturated rings. The molecule has 0 unspecified atom stereocenters. The van der Waals surface area contributed by atoms with Crippen LogP contribution >= 0.6 is 22.9 Å². The van der Waals surface area contributed by atoms with E-state index in [1.807, 2.05) is 25.1 Å². The molecule has 1 heterocycles. The number of rotatable bonds is 12. The average molecular weight is 457 g/mol. The van der Waals surface area contributed by atoms with Crippen molar-refractivity contribution in [1.82, 2.24) is 0 Å². The third kappa shape index (κ3) is 7.82. The smallest absolute Gasteiger partial charge is 0.158 e. The Balaban J connectivity index is 1.82. The van der Waals surface area contributed by atoms with Crippen molar-refractivity contribution in [3.8, 4) is 0 Å². The minimum absolute atomic E-state index is 0.142. The molecule has 0 amide bonds. The third-order valence-electron chi connectivity index (χ3n) is 5.64. The second-order valence-corrected chi connectivity index (χ2v) is 9.78. The highest BCUT2D eigenvalue weighted by atomic mass is 35.5. The Morgan fingerprint density at radius 2 is 2.00 bits per heavy atom. The van der Waals surface area contributed by atoms with E-state index in [2.05, 4.69) is 0 Å². The zero-order valence-electron chi connectivity index (χ0n) is 17.5. The molecule has 5 nitrogen and oxygen atoms in total. The molecule has 2 rings (SSSR count). The van der Waals surface area contributed by atoms with Gasteiger partial charge >= 0.3 is 0 Å². The number of hydrogen-bond acceptors (Lipinski definition) is 6. The standard InChI is InChI=1S/C23H33ClO5S/c1-15-21(24)12-18(30-15)9-6-8-16(26)11-20-19(22(28)13-23(20)29)10-5-3-2-4-7-17(27)14-25/h3,5,11-12,19-20,22-23,25-26,28-29H,2,4,6-10,13-14H2,1H3/b5-3-,16-11+/t19-,20+,22+,23-/m1/s1. The van der Waals surface area contributed by atoms with Gasteiger partial charge in [-0.15, -0.1) is 11.3 Å². The van der Waals surface area contributed by atoms with Crippen LogP contribution in [0.25, 0.3) is 0 Å². The quantitative estimate of drug-likeness (QED) is 0.211. The SMILES string of the molecule is Cc1sc(CCC/C(O)=C\[C@H]2[C@@H](C/C=C\CCCC(=O)CO)[C@@H](O)C[C@H]2O)cc1Cl. The number of unbranched alkanes of at least 4 members (excludes halogenated alkanes) is 1. The molecule has 0 spiro atoms. The number of hydrogen-bond donors (Lipinski definition) is 4. The van der Waals surface area contributed by atoms with Gasteiger partial charge in [-0.2, -0.15) is 0 Å². The van der Waals surface area contributed by atoms with Gasteiger partial charge in [0.05, 0.1) is 23.0 Å². The molecule has 0 aliphatic heterocycles. The Morgan fingerprint density at radius 1 is 1.23 bits per heavy atom. The molecular weight excluding hydrogens is 424 g/mol. The van der Waals surface area contributed by atoms with Crippen molar-refractivity contribution < 1.29 is 25.2 Å². The zero-order chi connectivity index (χ0) is 22.1. The number of aryl methyl sites for hydroxylation is 2. The minimum Gasteiger partial charge on any atom is -0.513 e. The lowest BCUT2D eigenvalue weighted by molar-refractivity contribution is -0.121. The maximum Gasteiger partial charge on any atom is 0.158 e. The van der Waals surface area contributed by atoms with Gasteiger partial charge in [-0.1, -0.05) is 23.8 Å². The topological polar surface area (TPSA) is 98.0 Å². The summed E-state index contributed by atoms with van der Waals surface area (Å²) in [5, 5.41) is 40.5. The molecule has 0 radical (unpaired) electrons. The second kappa shape index (κ2) is 12.6. The van der Waals surface area contributed by atoms with Gasteiger partial charge < -0.3 is 20.4 Å². The summed E-state index contributed by atoms with van der Waals surface area (Å²) in [6.45, 7) is 1.58. The van der Waals surface area contributed by atoms with Crippen molar-refractivity contribution in [2.45, 2.75) is 70.5 Å². The van der Waals surface area contributed by atoms with Crippen LogP contribution in [0.5, 0.6) is 0 Å². The fraction of sp³-hybridized carbons (Fsp3) is 0.609. The lowest BCUT2D eigenvalue weighted by atomic mass is 9.89. The minimum atomic E-state index is -0.665. The van der Waals surface area contributed by atoms with E-state index in [0.29, 0.717) is 32.1 Å². The number of Topliss-reactive ketones (excluding diaryl/α,β-unsaturated/α-hetero) is 1. The Labute approximate surface area is 187 Å². The number of ketones is 1. The first kappa shape index (κ1) is 25.1. The van der Waals surface area contributed by atoms with Crippen molar-refractivity contribution in [2.75, 3.05) is 6.61 Å². The Kier molecular flexibility index (Phi) is 10.6. The van der Waals surface area contributed by atoms with Crippen molar-refractivity contribution in [3.05, 3.63) is 44.8 Å². The molecule has 1 aliphatic carbocycles. The van der Waals surface area contributed by atoms with Gasteiger partial charge in [0.2, 0.25) is 0 Å². The number of allylic oxidation sites excluding steroid dienone is 3. The molecule has 1 saturated carbocycles. The van der Waals surface area contributed by atoms with E-state index in [-0.39, 0.29) is 23.4 Å². The number of carbonyl (C=O) groups excluding carboxylic acids is 1. The molecular formula is C23H33ClO5S. The zero-order valence-corrected chi connectivity index (χ0v) is 19.0. The van der Waals surface area contributed by atoms with Crippen LogP contribution < -0.4 is 0 Å². The fourth-order valence-corrected chi connectivity index (χ4v) is 5.21. The highest BCUT2D eigenvalue weighted by Crippen LogP contribution is 2.37. The van der Waals surface area contributed by atoms with Crippen LogP contribution in [0.4, 0.5) is 0 Å². The summed E-state index contributed by atoms with van der Waals surface area (Å²) in [6, 6.07) is 1.97. The van der Waals surface area contributed by atoms with E-state index in [4.69, 9.17) is 16.7 Å². The van der Waals surface area contributed by atoms with Crippen LogP contribution in [0, 0.1) is 18.8 Å². The Hall–Kier alpha value is -1.18. The summed E-state index contributed by atoms with van der Waals surface area (Å²) >= 11 is 7.76. The van der Waals surface area contributed by atoms with E-state index in [1.165, 1.54) is 4.88 Å². The second-order valence-electron chi connectivity index (χ2n) is 8.04. The molecule has 30 heavy (non-hydrogen) atoms. The molecule has 7 heteroatoms. The molecule has 1 aliphatic rings. The molecule has 168 valence electrons. The van der Waals surface area contributed by atoms with Gasteiger partial charge in [0.25, 0.3) is 0 Å². The third-order valence-corrected chi connectivity index (χ3v) is 7.26. The van der Waals surface area contributed by atoms with Crippen molar-refractivity contribution in [3.63, 3.8) is 0 Å². The summed E-state index contributed by atoms with van der Waals surface area (Å²) in [4.78, 5) is 13.4. The Bertz CT molecular complexity index is 722. The fourth-order valence-electron chi connectivity index (χ4n) is 3.93. The monoisotopic (exact) mass is 456 g/mol. The molecule has 0 aromatic carbocycles. The highest BCUT2D eigenvalue weighted by molar-refractivity contribution is 7.12. The summed E-state index contributed by atoms with van der Waals surface area (Å²) in [6.07, 6.45) is 9.24. The largest absolute Gasteiger partial charge is 0.513 e. The van der Waals surface area contributed by atoms with E-state index in [0.717, 1.165) is 29.2 Å². The summed E-state index contributed by atoms with van der Waals surface area (Å²) < 4.78 is 0. The summed E-state index contributed by atoms with van der Waals surface area (Å²) in [7, 11) is 0. The van der Waals surface area contributed by atoms with Gasteiger partial charge in [-0.3, -0.25) is 4.79 Å². The van der Waals surface area contributed by atoms with Crippen LogP contribution in [-0.2, 0) is 11.2 Å². The number of thiophene rings is 1. The van der Waals surface area contributed by atoms with Crippen LogP contribution in [0.1, 0.15) is 54.7 Å². The molecule has 0 saturated heterocycles. The van der Waals surface area contributed by atoms with Crippen molar-refractivity contribution in [2.24, 2.45) is 11.8 Å². The van der Waals surface area contributed by atoms with Crippen molar-refractivity contribution in [1.29, 1.82) is 0 Å². The van der Waals surface area contributed by atoms with Gasteiger partial charge in [0.1, 0.15) is 6.61 Å². The number of aliphatic hydroxyl groups excluding tert-OH is 4. The van der Waals surface area contributed by atoms with Gasteiger partial charge in [0, 0.05) is 34.9 Å². The number of halogens is 1. The van der Waals surface area contributed by atoms with Crippen LogP contribution in [-0.4, -0.2) is 45.0 Å². The predicted octanol–water partition coefficient (Wildman–Crippen LogP) is 4.51. The summed E-state index contributed by atoms with van der Waals surface area (Å²) in [5.74, 6) is -0.324. The first-order chi connectivity index (χ1) is 14.3. The van der Waals surface area contributed by atoms with Crippen molar-refractivity contribution >= 4 is 28.7 Å². The normalized spacial score (nSPS) is 24.8. The maximum atomic E-state index is 11.1. The van der Waals surface area contributed by atoms with E-state index in [9.17, 15) is 20.1 Å². The lowest BCUT2D eigenvalue weighted by Crippen LogP contribution is -2.20. The molecule has 0 bridgehead atoms. The molecule has 4 N–H and O–H groups in total. The summed E-state index contributed by atoms with van der Waals surface area (Å²) in [5.41, 5.74) is 0. The predicted molar refractivity (Wildman–Crippen MR) is 121 cm³/mol. The van der Waals surface area contributed by atoms with Gasteiger partial charge in [-0.25, -0.2) is 0 Å². The molecule has 1 aromatic heterocycles. The van der Waals surface area contributed by atoms with Crippen LogP contribution in [0.2, 0.25) is 5.02 Å². The van der Waals surface area contributed by atoms with E-state index < -0.39 is 18.8 Å². The number of aliphatic hydroxyl groups is 4. The maximum absolute atomic E-state index is 11.1. The first-order valence-corrected chi connectivity index (χ1v) is 11.8. The van der Waals surface area contributed by atoms with E-state index in [1.54, 1.807) is 17.4 Å². The molecule has 4 atom stereocenters. The van der Waals surface area contributed by atoms with Gasteiger partial charge in [0.15, 0.2) is 5.78 Å². The molecule has 1 aromatic rings.